The van der Waals surface area contributed by atoms with Gasteiger partial charge in [0.2, 0.25) is 0 Å². The van der Waals surface area contributed by atoms with Crippen LogP contribution in [0.5, 0.6) is 0 Å². The van der Waals surface area contributed by atoms with Gasteiger partial charge in [0.25, 0.3) is 0 Å². The predicted molar refractivity (Wildman–Crippen MR) is 179 cm³/mol. The van der Waals surface area contributed by atoms with E-state index in [-0.39, 0.29) is 45.6 Å². The summed E-state index contributed by atoms with van der Waals surface area (Å²) in [5.74, 6) is 0.530. The van der Waals surface area contributed by atoms with Gasteiger partial charge in [-0.05, 0) is 137 Å². The minimum absolute atomic E-state index is 0.0217. The SMILES string of the molecule is CC(C)(O)CCC[C@@](C)(O)[C@H]1CC[C@]2(C)[C@@H]1[C@H](O)C[C@@H]1[C@@]3(C)CC[C@H](OC(=O)[C@@H](N)Cc4ccccc4)C(C)(C)[C@@H]3CC[C@]12C. The number of nitrogens with two attached hydrogens (primary N) is 1. The molecule has 0 spiro atoms. The molecule has 4 aliphatic rings. The van der Waals surface area contributed by atoms with Gasteiger partial charge in [-0.1, -0.05) is 65.0 Å². The number of benzene rings is 1. The molecule has 4 saturated carbocycles. The smallest absolute Gasteiger partial charge is 0.323 e. The highest BCUT2D eigenvalue weighted by Crippen LogP contribution is 2.76. The van der Waals surface area contributed by atoms with Crippen molar-refractivity contribution in [1.82, 2.24) is 0 Å². The van der Waals surface area contributed by atoms with Crippen molar-refractivity contribution in [2.75, 3.05) is 0 Å². The van der Waals surface area contributed by atoms with Crippen molar-refractivity contribution in [2.45, 2.75) is 155 Å². The number of ether oxygens (including phenoxy) is 1. The van der Waals surface area contributed by atoms with Crippen molar-refractivity contribution in [1.29, 1.82) is 0 Å². The molecule has 0 saturated heterocycles. The van der Waals surface area contributed by atoms with Crippen molar-refractivity contribution in [3.63, 3.8) is 0 Å². The first-order chi connectivity index (χ1) is 20.8. The summed E-state index contributed by atoms with van der Waals surface area (Å²) in [7, 11) is 0. The third-order valence-corrected chi connectivity index (χ3v) is 14.5. The molecular weight excluding hydrogens is 562 g/mol. The first-order valence-corrected chi connectivity index (χ1v) is 17.9. The quantitative estimate of drug-likeness (QED) is 0.224. The van der Waals surface area contributed by atoms with E-state index in [2.05, 4.69) is 34.6 Å². The van der Waals surface area contributed by atoms with E-state index in [1.807, 2.05) is 51.1 Å². The van der Waals surface area contributed by atoms with Gasteiger partial charge in [0.15, 0.2) is 0 Å². The Morgan fingerprint density at radius 2 is 1.58 bits per heavy atom. The third kappa shape index (κ3) is 6.04. The Hall–Kier alpha value is -1.47. The summed E-state index contributed by atoms with van der Waals surface area (Å²) < 4.78 is 6.25. The molecule has 254 valence electrons. The summed E-state index contributed by atoms with van der Waals surface area (Å²) in [6.07, 6.45) is 8.58. The van der Waals surface area contributed by atoms with Crippen LogP contribution in [0.25, 0.3) is 0 Å². The summed E-state index contributed by atoms with van der Waals surface area (Å²) >= 11 is 0. The molecule has 0 heterocycles. The molecule has 5 N–H and O–H groups in total. The van der Waals surface area contributed by atoms with Crippen LogP contribution >= 0.6 is 0 Å². The van der Waals surface area contributed by atoms with E-state index in [1.54, 1.807) is 0 Å². The number of carbonyl (C=O) groups is 1. The lowest BCUT2D eigenvalue weighted by molar-refractivity contribution is -0.249. The first kappa shape index (κ1) is 34.9. The Morgan fingerprint density at radius 3 is 2.22 bits per heavy atom. The fourth-order valence-corrected chi connectivity index (χ4v) is 11.9. The molecule has 0 aromatic heterocycles. The maximum absolute atomic E-state index is 13.2. The van der Waals surface area contributed by atoms with Crippen LogP contribution in [-0.2, 0) is 16.0 Å². The van der Waals surface area contributed by atoms with E-state index in [0.29, 0.717) is 31.1 Å². The molecule has 6 nitrogen and oxygen atoms in total. The van der Waals surface area contributed by atoms with Crippen LogP contribution in [0, 0.1) is 45.3 Å². The van der Waals surface area contributed by atoms with E-state index in [0.717, 1.165) is 56.9 Å². The Bertz CT molecular complexity index is 1210. The van der Waals surface area contributed by atoms with Gasteiger partial charge in [0.05, 0.1) is 17.3 Å². The second-order valence-corrected chi connectivity index (χ2v) is 18.1. The summed E-state index contributed by atoms with van der Waals surface area (Å²) in [5, 5.41) is 34.1. The number of hydrogen-bond donors (Lipinski definition) is 4. The van der Waals surface area contributed by atoms with Crippen LogP contribution in [0.15, 0.2) is 30.3 Å². The largest absolute Gasteiger partial charge is 0.461 e. The summed E-state index contributed by atoms with van der Waals surface area (Å²) in [5.41, 5.74) is 5.59. The lowest BCUT2D eigenvalue weighted by Crippen LogP contribution is -2.66. The Balaban J connectivity index is 1.33. The third-order valence-electron chi connectivity index (χ3n) is 14.5. The second-order valence-electron chi connectivity index (χ2n) is 18.1. The van der Waals surface area contributed by atoms with E-state index in [4.69, 9.17) is 10.5 Å². The Kier molecular flexibility index (Phi) is 9.21. The first-order valence-electron chi connectivity index (χ1n) is 17.9. The van der Waals surface area contributed by atoms with Gasteiger partial charge in [-0.2, -0.15) is 0 Å². The zero-order valence-electron chi connectivity index (χ0n) is 29.4. The van der Waals surface area contributed by atoms with Crippen molar-refractivity contribution < 1.29 is 24.9 Å². The molecule has 1 aromatic rings. The number of esters is 1. The van der Waals surface area contributed by atoms with Crippen molar-refractivity contribution in [3.8, 4) is 0 Å². The van der Waals surface area contributed by atoms with Gasteiger partial charge in [-0.15, -0.1) is 0 Å². The number of aliphatic hydroxyl groups excluding tert-OH is 1. The van der Waals surface area contributed by atoms with Crippen LogP contribution in [0.2, 0.25) is 0 Å². The minimum atomic E-state index is -0.871. The van der Waals surface area contributed by atoms with Crippen LogP contribution in [0.3, 0.4) is 0 Å². The molecule has 5 rings (SSSR count). The topological polar surface area (TPSA) is 113 Å². The highest BCUT2D eigenvalue weighted by atomic mass is 16.5. The van der Waals surface area contributed by atoms with Gasteiger partial charge in [-0.25, -0.2) is 0 Å². The zero-order valence-corrected chi connectivity index (χ0v) is 29.4. The molecule has 4 fully saturated rings. The fraction of sp³-hybridized carbons (Fsp3) is 0.821. The van der Waals surface area contributed by atoms with Gasteiger partial charge in [0, 0.05) is 5.41 Å². The number of hydrogen-bond acceptors (Lipinski definition) is 6. The number of aliphatic hydroxyl groups is 3. The maximum Gasteiger partial charge on any atom is 0.323 e. The zero-order chi connectivity index (χ0) is 33.2. The molecule has 0 bridgehead atoms. The van der Waals surface area contributed by atoms with Gasteiger partial charge in [0.1, 0.15) is 12.1 Å². The van der Waals surface area contributed by atoms with Crippen LogP contribution in [0.1, 0.15) is 125 Å². The van der Waals surface area contributed by atoms with Crippen LogP contribution in [-0.4, -0.2) is 50.7 Å². The number of rotatable bonds is 9. The highest BCUT2D eigenvalue weighted by molar-refractivity contribution is 5.76. The van der Waals surface area contributed by atoms with Gasteiger partial charge in [-0.3, -0.25) is 4.79 Å². The molecule has 45 heavy (non-hydrogen) atoms. The van der Waals surface area contributed by atoms with Gasteiger partial charge >= 0.3 is 5.97 Å². The maximum atomic E-state index is 13.2. The lowest BCUT2D eigenvalue weighted by Gasteiger charge is -2.70. The molecule has 1 aromatic carbocycles. The van der Waals surface area contributed by atoms with Crippen molar-refractivity contribution in [3.05, 3.63) is 35.9 Å². The molecule has 11 atom stereocenters. The summed E-state index contributed by atoms with van der Waals surface area (Å²) in [6.45, 7) is 17.6. The summed E-state index contributed by atoms with van der Waals surface area (Å²) in [6, 6.07) is 9.21. The standard InChI is InChI=1S/C39H63NO5/c1-34(2,43)18-12-19-39(8,44)26-15-21-38(7)32(26)28(41)24-30-36(5)20-17-31(35(3,4)29(36)16-22-37(30,38)6)45-33(42)27(40)23-25-13-10-9-11-14-25/h9-11,13-14,26-32,41,43-44H,12,15-24,40H2,1-8H3/t26-,27-,28+,29-,30+,31-,32-,36-,37+,38+,39+/m0/s1. The van der Waals surface area contributed by atoms with E-state index < -0.39 is 23.3 Å². The molecule has 0 radical (unpaired) electrons. The normalized spacial score (nSPS) is 41.2. The van der Waals surface area contributed by atoms with Crippen molar-refractivity contribution in [2.24, 2.45) is 51.1 Å². The Morgan fingerprint density at radius 1 is 0.933 bits per heavy atom. The van der Waals surface area contributed by atoms with E-state index in [9.17, 15) is 20.1 Å². The number of carbonyl (C=O) groups excluding carboxylic acids is 1. The Labute approximate surface area is 272 Å². The average Bonchev–Trinajstić information content (AvgIpc) is 3.32. The lowest BCUT2D eigenvalue weighted by atomic mass is 9.35. The van der Waals surface area contributed by atoms with Gasteiger partial charge < -0.3 is 25.8 Å². The average molecular weight is 626 g/mol. The molecule has 0 unspecified atom stereocenters. The fourth-order valence-electron chi connectivity index (χ4n) is 11.9. The highest BCUT2D eigenvalue weighted by Gasteiger charge is 2.71. The monoisotopic (exact) mass is 625 g/mol. The molecular formula is C39H63NO5. The predicted octanol–water partition coefficient (Wildman–Crippen LogP) is 6.82. The second kappa shape index (κ2) is 11.9. The van der Waals surface area contributed by atoms with Crippen LogP contribution < -0.4 is 5.73 Å². The molecule has 0 amide bonds. The summed E-state index contributed by atoms with van der Waals surface area (Å²) in [4.78, 5) is 13.2. The number of fused-ring (bicyclic) bond motifs is 5. The minimum Gasteiger partial charge on any atom is -0.461 e. The van der Waals surface area contributed by atoms with Crippen LogP contribution in [0.4, 0.5) is 0 Å². The molecule has 0 aliphatic heterocycles. The van der Waals surface area contributed by atoms with E-state index >= 15 is 0 Å². The molecule has 4 aliphatic carbocycles. The molecule has 6 heteroatoms. The van der Waals surface area contributed by atoms with E-state index in [1.165, 1.54) is 0 Å². The van der Waals surface area contributed by atoms with Crippen molar-refractivity contribution >= 4 is 5.97 Å².